The molecule has 0 aliphatic rings. The monoisotopic (exact) mass is 235 g/mol. The van der Waals surface area contributed by atoms with Gasteiger partial charge in [0.15, 0.2) is 0 Å². The molecule has 3 heteroatoms. The summed E-state index contributed by atoms with van der Waals surface area (Å²) in [5.41, 5.74) is 0.662. The van der Waals surface area contributed by atoms with Crippen LogP contribution in [0.25, 0.3) is 10.9 Å². The van der Waals surface area contributed by atoms with E-state index in [4.69, 9.17) is 0 Å². The number of phenolic OH excluding ortho intramolecular Hbond substituents is 1. The molecule has 2 nitrogen and oxygen atoms in total. The maximum absolute atomic E-state index is 9.31. The predicted octanol–water partition coefficient (Wildman–Crippen LogP) is 1.78. The van der Waals surface area contributed by atoms with Gasteiger partial charge < -0.3 is 7.96 Å². The Morgan fingerprint density at radius 1 is 1.17 bits per heavy atom. The minimum absolute atomic E-state index is 0. The molecule has 0 saturated heterocycles. The Hall–Kier alpha value is -0.0895. The second-order valence-electron chi connectivity index (χ2n) is 2.35. The number of para-hydroxylation sites is 1. The summed E-state index contributed by atoms with van der Waals surface area (Å²) in [7, 11) is 0. The van der Waals surface area contributed by atoms with Crippen molar-refractivity contribution >= 4 is 56.4 Å². The van der Waals surface area contributed by atoms with Crippen LogP contribution in [0.2, 0.25) is 0 Å². The van der Waals surface area contributed by atoms with Crippen LogP contribution in [0.4, 0.5) is 0 Å². The molecular weight excluding hydrogens is 226 g/mol. The zero-order valence-corrected chi connectivity index (χ0v) is 10.0. The third kappa shape index (κ3) is 1.80. The molecule has 1 aromatic carbocycles. The number of fused-ring (bicyclic) bond motifs is 1. The summed E-state index contributed by atoms with van der Waals surface area (Å²) in [5, 5.41) is 10.3. The van der Waals surface area contributed by atoms with Gasteiger partial charge in [0.2, 0.25) is 0 Å². The molecular formula is C9H9NOSr. The first-order valence-electron chi connectivity index (χ1n) is 3.40. The SMILES string of the molecule is Oc1cccc2cccnc12.[H-].[H-].[Sr+2]. The maximum atomic E-state index is 9.31. The van der Waals surface area contributed by atoms with Gasteiger partial charge in [-0.25, -0.2) is 0 Å². The molecule has 0 fully saturated rings. The van der Waals surface area contributed by atoms with Gasteiger partial charge in [-0.15, -0.1) is 0 Å². The topological polar surface area (TPSA) is 33.1 Å². The van der Waals surface area contributed by atoms with Crippen molar-refractivity contribution in [3.05, 3.63) is 36.5 Å². The molecule has 2 aromatic rings. The Labute approximate surface area is 110 Å². The number of aromatic nitrogens is 1. The Morgan fingerprint density at radius 3 is 2.67 bits per heavy atom. The average Bonchev–Trinajstić information content (AvgIpc) is 2.06. The van der Waals surface area contributed by atoms with Crippen LogP contribution < -0.4 is 0 Å². The van der Waals surface area contributed by atoms with E-state index < -0.39 is 0 Å². The van der Waals surface area contributed by atoms with Gasteiger partial charge in [-0.3, -0.25) is 4.98 Å². The van der Waals surface area contributed by atoms with Gasteiger partial charge >= 0.3 is 45.5 Å². The zero-order valence-electron chi connectivity index (χ0n) is 8.57. The first-order chi connectivity index (χ1) is 5.38. The summed E-state index contributed by atoms with van der Waals surface area (Å²) in [6.45, 7) is 0. The van der Waals surface area contributed by atoms with Crippen LogP contribution in [0.15, 0.2) is 36.5 Å². The van der Waals surface area contributed by atoms with E-state index >= 15 is 0 Å². The van der Waals surface area contributed by atoms with E-state index in [-0.39, 0.29) is 54.1 Å². The van der Waals surface area contributed by atoms with Crippen LogP contribution in [0.5, 0.6) is 5.75 Å². The number of aromatic hydroxyl groups is 1. The molecule has 0 spiro atoms. The van der Waals surface area contributed by atoms with Gasteiger partial charge in [0.05, 0.1) is 0 Å². The van der Waals surface area contributed by atoms with E-state index in [0.717, 1.165) is 5.39 Å². The second kappa shape index (κ2) is 4.23. The standard InChI is InChI=1S/C9H7NO.Sr.2H/c11-8-5-1-3-7-4-2-6-10-9(7)8;;;/h1-6,11H;;;/q;+2;2*-1. The normalized spacial score (nSPS) is 9.33. The summed E-state index contributed by atoms with van der Waals surface area (Å²) >= 11 is 0. The zero-order chi connectivity index (χ0) is 7.68. The first-order valence-corrected chi connectivity index (χ1v) is 3.40. The van der Waals surface area contributed by atoms with Gasteiger partial charge in [0, 0.05) is 11.6 Å². The molecule has 0 aliphatic heterocycles. The van der Waals surface area contributed by atoms with Gasteiger partial charge in [-0.1, -0.05) is 18.2 Å². The third-order valence-electron chi connectivity index (χ3n) is 1.61. The molecule has 0 unspecified atom stereocenters. The van der Waals surface area contributed by atoms with Gasteiger partial charge in [-0.2, -0.15) is 0 Å². The van der Waals surface area contributed by atoms with Crippen LogP contribution >= 0.6 is 0 Å². The summed E-state index contributed by atoms with van der Waals surface area (Å²) in [4.78, 5) is 4.03. The fraction of sp³-hybridized carbons (Fsp3) is 0. The molecule has 58 valence electrons. The van der Waals surface area contributed by atoms with Gasteiger partial charge in [-0.05, 0) is 12.1 Å². The van der Waals surface area contributed by atoms with Crippen LogP contribution in [-0.4, -0.2) is 55.6 Å². The second-order valence-corrected chi connectivity index (χ2v) is 2.35. The molecule has 0 bridgehead atoms. The average molecular weight is 235 g/mol. The molecule has 12 heavy (non-hydrogen) atoms. The van der Waals surface area contributed by atoms with Crippen molar-refractivity contribution in [1.29, 1.82) is 0 Å². The van der Waals surface area contributed by atoms with Crippen molar-refractivity contribution in [2.45, 2.75) is 0 Å². The summed E-state index contributed by atoms with van der Waals surface area (Å²) in [5.74, 6) is 0.239. The van der Waals surface area contributed by atoms with Crippen molar-refractivity contribution in [1.82, 2.24) is 4.98 Å². The fourth-order valence-corrected chi connectivity index (χ4v) is 1.09. The van der Waals surface area contributed by atoms with Crippen LogP contribution in [-0.2, 0) is 0 Å². The number of pyridine rings is 1. The van der Waals surface area contributed by atoms with Crippen LogP contribution in [0.1, 0.15) is 2.85 Å². The summed E-state index contributed by atoms with van der Waals surface area (Å²) in [6, 6.07) is 9.13. The molecule has 1 N–H and O–H groups in total. The number of phenols is 1. The van der Waals surface area contributed by atoms with Gasteiger partial charge in [0.1, 0.15) is 11.3 Å². The van der Waals surface area contributed by atoms with E-state index in [1.807, 2.05) is 18.2 Å². The van der Waals surface area contributed by atoms with E-state index in [9.17, 15) is 5.11 Å². The number of hydrogen-bond donors (Lipinski definition) is 1. The number of nitrogens with zero attached hydrogens (tertiary/aromatic N) is 1. The van der Waals surface area contributed by atoms with E-state index in [1.54, 1.807) is 18.3 Å². The smallest absolute Gasteiger partial charge is 1.00 e. The van der Waals surface area contributed by atoms with Crippen LogP contribution in [0, 0.1) is 0 Å². The van der Waals surface area contributed by atoms with Crippen molar-refractivity contribution in [3.63, 3.8) is 0 Å². The molecule has 0 aliphatic carbocycles. The van der Waals surface area contributed by atoms with Crippen LogP contribution in [0.3, 0.4) is 0 Å². The van der Waals surface area contributed by atoms with Crippen molar-refractivity contribution < 1.29 is 7.96 Å². The maximum Gasteiger partial charge on any atom is 2.00 e. The molecule has 2 rings (SSSR count). The van der Waals surface area contributed by atoms with E-state index in [0.29, 0.717) is 5.52 Å². The number of rotatable bonds is 0. The fourth-order valence-electron chi connectivity index (χ4n) is 1.09. The molecule has 0 amide bonds. The molecule has 1 aromatic heterocycles. The molecule has 0 saturated carbocycles. The largest absolute Gasteiger partial charge is 2.00 e. The Morgan fingerprint density at radius 2 is 1.92 bits per heavy atom. The number of hydrogen-bond acceptors (Lipinski definition) is 2. The minimum Gasteiger partial charge on any atom is -1.00 e. The molecule has 0 radical (unpaired) electrons. The first kappa shape index (κ1) is 9.99. The summed E-state index contributed by atoms with van der Waals surface area (Å²) < 4.78 is 0. The van der Waals surface area contributed by atoms with Crippen molar-refractivity contribution in [3.8, 4) is 5.75 Å². The third-order valence-corrected chi connectivity index (χ3v) is 1.61. The van der Waals surface area contributed by atoms with Crippen molar-refractivity contribution in [2.75, 3.05) is 0 Å². The Bertz CT molecular complexity index is 392. The number of benzene rings is 1. The molecule has 1 heterocycles. The minimum atomic E-state index is 0. The summed E-state index contributed by atoms with van der Waals surface area (Å²) in [6.07, 6.45) is 1.67. The quantitative estimate of drug-likeness (QED) is 0.705. The van der Waals surface area contributed by atoms with Crippen molar-refractivity contribution in [2.24, 2.45) is 0 Å². The Kier molecular flexibility index (Phi) is 3.53. The van der Waals surface area contributed by atoms with Gasteiger partial charge in [0.25, 0.3) is 0 Å². The van der Waals surface area contributed by atoms with E-state index in [1.165, 1.54) is 0 Å². The Balaban J connectivity index is 0. The predicted molar refractivity (Wildman–Crippen MR) is 51.4 cm³/mol. The molecule has 0 atom stereocenters. The van der Waals surface area contributed by atoms with E-state index in [2.05, 4.69) is 4.98 Å².